The van der Waals surface area contributed by atoms with E-state index < -0.39 is 15.7 Å². The quantitative estimate of drug-likeness (QED) is 0.313. The summed E-state index contributed by atoms with van der Waals surface area (Å²) in [4.78, 5) is 0. The second-order valence-electron chi connectivity index (χ2n) is 0.241. The van der Waals surface area contributed by atoms with Crippen molar-refractivity contribution in [1.29, 1.82) is 0 Å². The van der Waals surface area contributed by atoms with Crippen LogP contribution in [0.4, 0.5) is 0 Å². The summed E-state index contributed by atoms with van der Waals surface area (Å²) >= 11 is -1.72. The van der Waals surface area contributed by atoms with Gasteiger partial charge in [-0.25, -0.2) is 0 Å². The Bertz CT molecular complexity index is 24.8. The standard InChI is InChI=1S/GeHO4/c2-1-4-5-3/h3H. The number of hydrogen-bond acceptors (Lipinski definition) is 4. The van der Waals surface area contributed by atoms with Gasteiger partial charge in [0.15, 0.2) is 0 Å². The van der Waals surface area contributed by atoms with Crippen molar-refractivity contribution in [3.63, 3.8) is 0 Å². The van der Waals surface area contributed by atoms with E-state index in [1.54, 1.807) is 0 Å². The molecule has 0 spiro atoms. The number of hydrogen-bond donors (Lipinski definition) is 1. The van der Waals surface area contributed by atoms with Crippen molar-refractivity contribution in [3.8, 4) is 0 Å². The molecule has 0 aromatic heterocycles. The van der Waals surface area contributed by atoms with E-state index in [-0.39, 0.29) is 0 Å². The van der Waals surface area contributed by atoms with Crippen molar-refractivity contribution in [2.45, 2.75) is 0 Å². The molecule has 29 valence electrons. The van der Waals surface area contributed by atoms with Gasteiger partial charge in [-0.1, -0.05) is 0 Å². The van der Waals surface area contributed by atoms with Crippen molar-refractivity contribution in [2.24, 2.45) is 0 Å². The maximum atomic E-state index is 9.15. The van der Waals surface area contributed by atoms with Crippen molar-refractivity contribution in [1.82, 2.24) is 0 Å². The summed E-state index contributed by atoms with van der Waals surface area (Å²) < 4.78 is 12.6. The van der Waals surface area contributed by atoms with Crippen LogP contribution in [-0.2, 0) is 12.7 Å². The fourth-order valence-electron chi connectivity index (χ4n) is 0.0152. The molecule has 1 radical (unpaired) electrons. The van der Waals surface area contributed by atoms with Crippen LogP contribution in [0.5, 0.6) is 0 Å². The van der Waals surface area contributed by atoms with Gasteiger partial charge >= 0.3 is 33.7 Å². The Kier molecular flexibility index (Phi) is 4.11. The summed E-state index contributed by atoms with van der Waals surface area (Å²) in [7, 11) is 0. The molecular formula is HGeO4. The zero-order chi connectivity index (χ0) is 4.12. The van der Waals surface area contributed by atoms with Crippen molar-refractivity contribution < 1.29 is 18.0 Å². The van der Waals surface area contributed by atoms with Gasteiger partial charge < -0.3 is 0 Å². The summed E-state index contributed by atoms with van der Waals surface area (Å²) in [5, 5.41) is 10.1. The van der Waals surface area contributed by atoms with Crippen LogP contribution in [0.3, 0.4) is 0 Å². The Morgan fingerprint density at radius 2 is 2.40 bits per heavy atom. The predicted octanol–water partition coefficient (Wildman–Crippen LogP) is -0.628. The minimum atomic E-state index is -1.72. The first-order valence-electron chi connectivity index (χ1n) is 0.757. The van der Waals surface area contributed by atoms with E-state index in [0.717, 1.165) is 0 Å². The van der Waals surface area contributed by atoms with Crippen LogP contribution >= 0.6 is 0 Å². The molecule has 0 heterocycles. The molecule has 0 aromatic rings. The Morgan fingerprint density at radius 1 is 1.80 bits per heavy atom. The van der Waals surface area contributed by atoms with E-state index >= 15 is 0 Å². The molecule has 1 N–H and O–H groups in total. The van der Waals surface area contributed by atoms with Crippen LogP contribution in [0.1, 0.15) is 0 Å². The zero-order valence-electron chi connectivity index (χ0n) is 2.17. The normalized spacial score (nSPS) is 6.60. The summed E-state index contributed by atoms with van der Waals surface area (Å²) in [6.07, 6.45) is 0. The molecule has 0 saturated carbocycles. The van der Waals surface area contributed by atoms with Gasteiger partial charge in [0, 0.05) is 0 Å². The van der Waals surface area contributed by atoms with Gasteiger partial charge in [0.05, 0.1) is 0 Å². The van der Waals surface area contributed by atoms with E-state index in [2.05, 4.69) is 8.95 Å². The van der Waals surface area contributed by atoms with Crippen LogP contribution in [0.15, 0.2) is 0 Å². The molecule has 0 aliphatic rings. The first kappa shape index (κ1) is 5.06. The Hall–Kier alpha value is 0.0629. The predicted molar refractivity (Wildman–Crippen MR) is 11.2 cm³/mol. The Labute approximate surface area is 34.6 Å². The van der Waals surface area contributed by atoms with E-state index in [9.17, 15) is 0 Å². The first-order valence-corrected chi connectivity index (χ1v) is 2.47. The molecule has 0 bridgehead atoms. The SMILES string of the molecule is [O]=[Ge][O]OO. The Balaban J connectivity index is 2.40. The average Bonchev–Trinajstić information content (AvgIpc) is 1.41. The van der Waals surface area contributed by atoms with Gasteiger partial charge in [0.1, 0.15) is 0 Å². The number of rotatable bonds is 2. The van der Waals surface area contributed by atoms with E-state index in [4.69, 9.17) is 9.04 Å². The van der Waals surface area contributed by atoms with Gasteiger partial charge in [0.25, 0.3) is 0 Å². The fourth-order valence-corrected chi connectivity index (χ4v) is 0.0791. The third-order valence-corrected chi connectivity index (χ3v) is 0.370. The maximum absolute atomic E-state index is 9.15. The van der Waals surface area contributed by atoms with Crippen LogP contribution in [-0.4, -0.2) is 21.0 Å². The molecule has 0 fully saturated rings. The van der Waals surface area contributed by atoms with Crippen molar-refractivity contribution in [2.75, 3.05) is 0 Å². The molecule has 0 aliphatic carbocycles. The molecule has 0 amide bonds. The van der Waals surface area contributed by atoms with Gasteiger partial charge in [-0.2, -0.15) is 0 Å². The van der Waals surface area contributed by atoms with Crippen LogP contribution < -0.4 is 0 Å². The molecular weight excluding hydrogens is 137 g/mol. The minimum absolute atomic E-state index is 1.72. The van der Waals surface area contributed by atoms with Gasteiger partial charge in [-0.3, -0.25) is 0 Å². The Morgan fingerprint density at radius 3 is 2.40 bits per heavy atom. The summed E-state index contributed by atoms with van der Waals surface area (Å²) in [6, 6.07) is 0. The second kappa shape index (κ2) is 4.06. The summed E-state index contributed by atoms with van der Waals surface area (Å²) in [5.41, 5.74) is 0. The molecule has 0 atom stereocenters. The third kappa shape index (κ3) is 4.06. The fraction of sp³-hybridized carbons (Fsp3) is 0. The molecule has 0 unspecified atom stereocenters. The molecule has 0 aliphatic heterocycles. The molecule has 0 rings (SSSR count). The van der Waals surface area contributed by atoms with Crippen LogP contribution in [0, 0.1) is 0 Å². The van der Waals surface area contributed by atoms with E-state index in [1.165, 1.54) is 0 Å². The topological polar surface area (TPSA) is 55.8 Å². The van der Waals surface area contributed by atoms with E-state index in [0.29, 0.717) is 0 Å². The molecule has 5 heavy (non-hydrogen) atoms. The van der Waals surface area contributed by atoms with Crippen LogP contribution in [0.25, 0.3) is 0 Å². The molecule has 0 aromatic carbocycles. The summed E-state index contributed by atoms with van der Waals surface area (Å²) in [6.45, 7) is 0. The van der Waals surface area contributed by atoms with Gasteiger partial charge in [0.2, 0.25) is 0 Å². The zero-order valence-corrected chi connectivity index (χ0v) is 4.27. The van der Waals surface area contributed by atoms with E-state index in [1.807, 2.05) is 0 Å². The first-order chi connectivity index (χ1) is 2.41. The summed E-state index contributed by atoms with van der Waals surface area (Å²) in [5.74, 6) is 0. The monoisotopic (exact) mass is 139 g/mol. The van der Waals surface area contributed by atoms with Gasteiger partial charge in [-0.15, -0.1) is 0 Å². The van der Waals surface area contributed by atoms with Crippen LogP contribution in [0.2, 0.25) is 0 Å². The third-order valence-electron chi connectivity index (χ3n) is 0.0713. The molecule has 0 saturated heterocycles. The second-order valence-corrected chi connectivity index (χ2v) is 0.941. The van der Waals surface area contributed by atoms with Gasteiger partial charge in [-0.05, 0) is 0 Å². The van der Waals surface area contributed by atoms with Crippen molar-refractivity contribution in [3.05, 3.63) is 0 Å². The van der Waals surface area contributed by atoms with Crippen molar-refractivity contribution >= 4 is 15.7 Å². The molecule has 5 heteroatoms. The average molecular weight is 138 g/mol. The molecule has 4 nitrogen and oxygen atoms in total.